The smallest absolute Gasteiger partial charge is 0.390 e. The normalized spacial score (nSPS) is 20.9. The fourth-order valence-corrected chi connectivity index (χ4v) is 8.51. The second kappa shape index (κ2) is 14.4. The van der Waals surface area contributed by atoms with Crippen molar-refractivity contribution in [3.8, 4) is 11.3 Å². The first-order valence-electron chi connectivity index (χ1n) is 15.9. The van der Waals surface area contributed by atoms with Crippen LogP contribution in [0.15, 0.2) is 23.1 Å². The van der Waals surface area contributed by atoms with Crippen LogP contribution in [-0.2, 0) is 35.7 Å². The minimum absolute atomic E-state index is 0.0998. The number of thioether (sulfide) groups is 1. The summed E-state index contributed by atoms with van der Waals surface area (Å²) in [5, 5.41) is 15.9. The number of aliphatic hydroxyl groups is 1. The topological polar surface area (TPSA) is 81.9 Å². The van der Waals surface area contributed by atoms with Gasteiger partial charge in [-0.05, 0) is 69.9 Å². The highest BCUT2D eigenvalue weighted by atomic mass is 32.2. The van der Waals surface area contributed by atoms with Gasteiger partial charge in [-0.3, -0.25) is 4.68 Å². The van der Waals surface area contributed by atoms with E-state index in [0.717, 1.165) is 70.2 Å². The molecule has 4 heterocycles. The molecule has 13 heteroatoms. The average Bonchev–Trinajstić information content (AvgIpc) is 3.11. The molecule has 2 saturated heterocycles. The largest absolute Gasteiger partial charge is 0.417 e. The van der Waals surface area contributed by atoms with Gasteiger partial charge in [0.25, 0.3) is 0 Å². The van der Waals surface area contributed by atoms with E-state index in [9.17, 15) is 26.7 Å². The zero-order chi connectivity index (χ0) is 31.5. The molecule has 1 N–H and O–H groups in total. The van der Waals surface area contributed by atoms with E-state index in [4.69, 9.17) is 5.10 Å². The number of likely N-dealkylation sites (tertiary alicyclic amines) is 2. The number of piperidine rings is 1. The van der Waals surface area contributed by atoms with Crippen molar-refractivity contribution in [2.75, 3.05) is 57.8 Å². The van der Waals surface area contributed by atoms with Gasteiger partial charge in [0.05, 0.1) is 30.2 Å². The first kappa shape index (κ1) is 33.7. The minimum Gasteiger partial charge on any atom is -0.390 e. The molecule has 2 fully saturated rings. The molecule has 0 radical (unpaired) electrons. The van der Waals surface area contributed by atoms with Crippen LogP contribution >= 0.6 is 11.8 Å². The molecule has 0 aliphatic carbocycles. The SMILES string of the molecule is CC1CCN(CCSc2cc(-c3nn(C[C@@H](O)CN4CCCCCC4)c4c3CN(S(C)(=O)=O)CC4)ccc2C(F)(F)F)CC1. The fraction of sp³-hybridized carbons (Fsp3) is 0.710. The molecule has 246 valence electrons. The lowest BCUT2D eigenvalue weighted by Crippen LogP contribution is -2.37. The van der Waals surface area contributed by atoms with Crippen molar-refractivity contribution >= 4 is 21.8 Å². The Hall–Kier alpha value is -1.64. The average molecular weight is 658 g/mol. The Kier molecular flexibility index (Phi) is 11.0. The molecule has 2 aromatic rings. The van der Waals surface area contributed by atoms with E-state index in [2.05, 4.69) is 16.7 Å². The van der Waals surface area contributed by atoms with Gasteiger partial charge in [0.1, 0.15) is 0 Å². The lowest BCUT2D eigenvalue weighted by atomic mass is 9.99. The van der Waals surface area contributed by atoms with E-state index in [1.807, 2.05) is 0 Å². The van der Waals surface area contributed by atoms with E-state index in [-0.39, 0.29) is 18.0 Å². The number of aliphatic hydroxyl groups excluding tert-OH is 1. The summed E-state index contributed by atoms with van der Waals surface area (Å²) in [7, 11) is -3.48. The van der Waals surface area contributed by atoms with Crippen molar-refractivity contribution < 1.29 is 26.7 Å². The number of sulfonamides is 1. The van der Waals surface area contributed by atoms with Gasteiger partial charge in [-0.1, -0.05) is 25.8 Å². The van der Waals surface area contributed by atoms with Crippen LogP contribution in [0.3, 0.4) is 0 Å². The second-order valence-corrected chi connectivity index (χ2v) is 15.9. The molecule has 0 saturated carbocycles. The quantitative estimate of drug-likeness (QED) is 0.363. The Morgan fingerprint density at radius 3 is 2.39 bits per heavy atom. The second-order valence-electron chi connectivity index (χ2n) is 12.8. The molecule has 1 aromatic heterocycles. The zero-order valence-corrected chi connectivity index (χ0v) is 27.5. The highest BCUT2D eigenvalue weighted by molar-refractivity contribution is 7.99. The van der Waals surface area contributed by atoms with Gasteiger partial charge < -0.3 is 14.9 Å². The summed E-state index contributed by atoms with van der Waals surface area (Å²) in [5.41, 5.74) is 1.87. The molecule has 0 spiro atoms. The molecule has 3 aliphatic rings. The van der Waals surface area contributed by atoms with Crippen LogP contribution in [0.4, 0.5) is 13.2 Å². The molecule has 0 unspecified atom stereocenters. The number of benzene rings is 1. The number of nitrogens with zero attached hydrogens (tertiary/aromatic N) is 5. The summed E-state index contributed by atoms with van der Waals surface area (Å²) < 4.78 is 70.3. The summed E-state index contributed by atoms with van der Waals surface area (Å²) in [4.78, 5) is 4.75. The summed E-state index contributed by atoms with van der Waals surface area (Å²) in [6.45, 7) is 7.96. The Bertz CT molecular complexity index is 1370. The van der Waals surface area contributed by atoms with E-state index in [1.54, 1.807) is 10.7 Å². The summed E-state index contributed by atoms with van der Waals surface area (Å²) in [5.74, 6) is 1.23. The Labute approximate surface area is 264 Å². The van der Waals surface area contributed by atoms with Crippen LogP contribution in [0, 0.1) is 5.92 Å². The van der Waals surface area contributed by atoms with Crippen molar-refractivity contribution in [1.82, 2.24) is 23.9 Å². The van der Waals surface area contributed by atoms with Crippen molar-refractivity contribution in [2.45, 2.75) is 82.1 Å². The van der Waals surface area contributed by atoms with Gasteiger partial charge in [0, 0.05) is 60.1 Å². The van der Waals surface area contributed by atoms with Crippen LogP contribution in [0.2, 0.25) is 0 Å². The maximum Gasteiger partial charge on any atom is 0.417 e. The molecule has 1 aromatic carbocycles. The number of fused-ring (bicyclic) bond motifs is 1. The predicted octanol–water partition coefficient (Wildman–Crippen LogP) is 4.95. The number of hydrogen-bond donors (Lipinski definition) is 1. The van der Waals surface area contributed by atoms with Crippen molar-refractivity contribution in [3.63, 3.8) is 0 Å². The summed E-state index contributed by atoms with van der Waals surface area (Å²) >= 11 is 1.21. The van der Waals surface area contributed by atoms with Crippen LogP contribution in [0.5, 0.6) is 0 Å². The monoisotopic (exact) mass is 657 g/mol. The standard InChI is InChI=1S/C31H46F3N5O3S2/c1-23-9-14-36(15-10-23)17-18-43-29-19-24(7-8-27(29)31(32,33)34)30-26-22-38(44(2,41)42)16-11-28(26)39(35-30)21-25(40)20-37-12-5-3-4-6-13-37/h7-8,19,23,25,40H,3-6,9-18,20-22H2,1-2H3/t25-/m0/s1. The maximum absolute atomic E-state index is 14.1. The molecule has 3 aliphatic heterocycles. The van der Waals surface area contributed by atoms with Gasteiger partial charge in [-0.2, -0.15) is 22.6 Å². The van der Waals surface area contributed by atoms with Crippen LogP contribution < -0.4 is 0 Å². The molecule has 44 heavy (non-hydrogen) atoms. The van der Waals surface area contributed by atoms with E-state index < -0.39 is 27.9 Å². The predicted molar refractivity (Wildman–Crippen MR) is 168 cm³/mol. The number of aromatic nitrogens is 2. The Balaban J connectivity index is 1.42. The van der Waals surface area contributed by atoms with Gasteiger partial charge >= 0.3 is 6.18 Å². The molecule has 0 bridgehead atoms. The van der Waals surface area contributed by atoms with Crippen LogP contribution in [-0.4, -0.2) is 101 Å². The number of hydrogen-bond acceptors (Lipinski definition) is 7. The first-order chi connectivity index (χ1) is 20.9. The van der Waals surface area contributed by atoms with Crippen LogP contribution in [0.25, 0.3) is 11.3 Å². The number of halogens is 3. The highest BCUT2D eigenvalue weighted by Crippen LogP contribution is 2.40. The zero-order valence-electron chi connectivity index (χ0n) is 25.9. The number of rotatable bonds is 10. The third-order valence-corrected chi connectivity index (χ3v) is 11.5. The van der Waals surface area contributed by atoms with E-state index in [0.29, 0.717) is 48.0 Å². The molecule has 1 atom stereocenters. The van der Waals surface area contributed by atoms with Crippen molar-refractivity contribution in [3.05, 3.63) is 35.0 Å². The van der Waals surface area contributed by atoms with Crippen molar-refractivity contribution in [2.24, 2.45) is 5.92 Å². The molecule has 0 amide bonds. The van der Waals surface area contributed by atoms with Gasteiger partial charge in [-0.15, -0.1) is 11.8 Å². The molecular formula is C31H46F3N5O3S2. The Morgan fingerprint density at radius 2 is 1.73 bits per heavy atom. The fourth-order valence-electron chi connectivity index (χ4n) is 6.60. The maximum atomic E-state index is 14.1. The molecule has 5 rings (SSSR count). The lowest BCUT2D eigenvalue weighted by molar-refractivity contribution is -0.139. The summed E-state index contributed by atoms with van der Waals surface area (Å²) in [6.07, 6.45) is 3.26. The van der Waals surface area contributed by atoms with Gasteiger partial charge in [0.15, 0.2) is 0 Å². The van der Waals surface area contributed by atoms with Gasteiger partial charge in [-0.25, -0.2) is 8.42 Å². The van der Waals surface area contributed by atoms with E-state index >= 15 is 0 Å². The summed E-state index contributed by atoms with van der Waals surface area (Å²) in [6, 6.07) is 4.13. The third kappa shape index (κ3) is 8.58. The highest BCUT2D eigenvalue weighted by Gasteiger charge is 2.35. The third-order valence-electron chi connectivity index (χ3n) is 9.22. The van der Waals surface area contributed by atoms with Crippen LogP contribution in [0.1, 0.15) is 62.3 Å². The lowest BCUT2D eigenvalue weighted by Gasteiger charge is -2.30. The first-order valence-corrected chi connectivity index (χ1v) is 18.7. The molecule has 8 nitrogen and oxygen atoms in total. The molecular weight excluding hydrogens is 612 g/mol. The van der Waals surface area contributed by atoms with Crippen molar-refractivity contribution in [1.29, 1.82) is 0 Å². The number of β-amino-alcohol motifs (C(OH)–C–C–N with tert-alkyl or cyclic N) is 1. The minimum atomic E-state index is -4.50. The Morgan fingerprint density at radius 1 is 1.02 bits per heavy atom. The van der Waals surface area contributed by atoms with E-state index in [1.165, 1.54) is 41.2 Å². The van der Waals surface area contributed by atoms with Gasteiger partial charge in [0.2, 0.25) is 10.0 Å². The number of alkyl halides is 3.